The van der Waals surface area contributed by atoms with Crippen LogP contribution in [0.25, 0.3) is 0 Å². The lowest BCUT2D eigenvalue weighted by atomic mass is 10.3. The second-order valence-corrected chi connectivity index (χ2v) is 3.65. The SMILES string of the molecule is CSC(C)c1ccnc(Cl)n1. The second kappa shape index (κ2) is 3.93. The Morgan fingerprint density at radius 1 is 1.64 bits per heavy atom. The molecule has 0 aliphatic carbocycles. The van der Waals surface area contributed by atoms with Gasteiger partial charge in [-0.15, -0.1) is 0 Å². The van der Waals surface area contributed by atoms with Crippen molar-refractivity contribution in [2.45, 2.75) is 12.2 Å². The monoisotopic (exact) mass is 188 g/mol. The Labute approximate surface area is 75.4 Å². The van der Waals surface area contributed by atoms with Gasteiger partial charge in [0.1, 0.15) is 0 Å². The van der Waals surface area contributed by atoms with Gasteiger partial charge in [-0.25, -0.2) is 9.97 Å². The van der Waals surface area contributed by atoms with Gasteiger partial charge in [-0.05, 0) is 30.8 Å². The molecule has 0 aromatic carbocycles. The number of thioether (sulfide) groups is 1. The maximum Gasteiger partial charge on any atom is 0.222 e. The third-order valence-corrected chi connectivity index (χ3v) is 2.55. The average molecular weight is 189 g/mol. The summed E-state index contributed by atoms with van der Waals surface area (Å²) in [7, 11) is 0. The van der Waals surface area contributed by atoms with Crippen LogP contribution in [0.1, 0.15) is 17.9 Å². The summed E-state index contributed by atoms with van der Waals surface area (Å²) < 4.78 is 0. The van der Waals surface area contributed by atoms with Crippen molar-refractivity contribution in [1.29, 1.82) is 0 Å². The van der Waals surface area contributed by atoms with E-state index in [1.54, 1.807) is 18.0 Å². The molecule has 0 aliphatic rings. The van der Waals surface area contributed by atoms with Crippen LogP contribution in [-0.4, -0.2) is 16.2 Å². The lowest BCUT2D eigenvalue weighted by Crippen LogP contribution is -1.93. The van der Waals surface area contributed by atoms with Crippen LogP contribution in [0.5, 0.6) is 0 Å². The maximum atomic E-state index is 5.61. The Morgan fingerprint density at radius 2 is 2.36 bits per heavy atom. The predicted molar refractivity (Wildman–Crippen MR) is 49.0 cm³/mol. The normalized spacial score (nSPS) is 13.0. The molecule has 2 nitrogen and oxygen atoms in total. The fourth-order valence-electron chi connectivity index (χ4n) is 0.695. The Morgan fingerprint density at radius 3 is 2.91 bits per heavy atom. The molecule has 1 aromatic heterocycles. The molecule has 60 valence electrons. The van der Waals surface area contributed by atoms with Crippen LogP contribution in [0, 0.1) is 0 Å². The summed E-state index contributed by atoms with van der Waals surface area (Å²) in [5.74, 6) is 0. The number of nitrogens with zero attached hydrogens (tertiary/aromatic N) is 2. The van der Waals surface area contributed by atoms with Gasteiger partial charge in [-0.2, -0.15) is 11.8 Å². The largest absolute Gasteiger partial charge is 0.227 e. The zero-order chi connectivity index (χ0) is 8.27. The molecule has 1 heterocycles. The molecular formula is C7H9ClN2S. The van der Waals surface area contributed by atoms with E-state index in [1.807, 2.05) is 12.3 Å². The van der Waals surface area contributed by atoms with E-state index in [-0.39, 0.29) is 0 Å². The minimum absolute atomic E-state index is 0.323. The van der Waals surface area contributed by atoms with Gasteiger partial charge in [0.05, 0.1) is 5.69 Å². The summed E-state index contributed by atoms with van der Waals surface area (Å²) in [5.41, 5.74) is 0.984. The first-order valence-corrected chi connectivity index (χ1v) is 4.92. The van der Waals surface area contributed by atoms with Crippen LogP contribution in [0.15, 0.2) is 12.3 Å². The van der Waals surface area contributed by atoms with Crippen LogP contribution in [0.3, 0.4) is 0 Å². The quantitative estimate of drug-likeness (QED) is 0.668. The summed E-state index contributed by atoms with van der Waals surface area (Å²) in [4.78, 5) is 7.88. The van der Waals surface area contributed by atoms with Gasteiger partial charge >= 0.3 is 0 Å². The fraction of sp³-hybridized carbons (Fsp3) is 0.429. The molecule has 4 heteroatoms. The highest BCUT2D eigenvalue weighted by Gasteiger charge is 2.04. The van der Waals surface area contributed by atoms with E-state index < -0.39 is 0 Å². The van der Waals surface area contributed by atoms with E-state index in [2.05, 4.69) is 16.9 Å². The van der Waals surface area contributed by atoms with E-state index >= 15 is 0 Å². The molecule has 0 bridgehead atoms. The summed E-state index contributed by atoms with van der Waals surface area (Å²) in [6, 6.07) is 1.88. The highest BCUT2D eigenvalue weighted by atomic mass is 35.5. The summed E-state index contributed by atoms with van der Waals surface area (Å²) in [6.45, 7) is 2.09. The van der Waals surface area contributed by atoms with E-state index in [0.29, 0.717) is 10.5 Å². The van der Waals surface area contributed by atoms with Crippen LogP contribution in [0.4, 0.5) is 0 Å². The third-order valence-electron chi connectivity index (χ3n) is 1.42. The number of rotatable bonds is 2. The minimum Gasteiger partial charge on any atom is -0.227 e. The van der Waals surface area contributed by atoms with Gasteiger partial charge in [0, 0.05) is 11.4 Å². The smallest absolute Gasteiger partial charge is 0.222 e. The van der Waals surface area contributed by atoms with Crippen molar-refractivity contribution in [3.05, 3.63) is 23.2 Å². The van der Waals surface area contributed by atoms with Crippen molar-refractivity contribution in [3.8, 4) is 0 Å². The summed E-state index contributed by atoms with van der Waals surface area (Å²) >= 11 is 7.35. The van der Waals surface area contributed by atoms with Crippen LogP contribution >= 0.6 is 23.4 Å². The van der Waals surface area contributed by atoms with Crippen molar-refractivity contribution in [2.75, 3.05) is 6.26 Å². The molecule has 0 amide bonds. The second-order valence-electron chi connectivity index (χ2n) is 2.13. The predicted octanol–water partition coefficient (Wildman–Crippen LogP) is 2.55. The number of aromatic nitrogens is 2. The molecule has 1 atom stereocenters. The summed E-state index contributed by atoms with van der Waals surface area (Å²) in [6.07, 6.45) is 3.72. The zero-order valence-corrected chi connectivity index (χ0v) is 7.99. The van der Waals surface area contributed by atoms with E-state index in [4.69, 9.17) is 11.6 Å². The molecular weight excluding hydrogens is 180 g/mol. The number of hydrogen-bond donors (Lipinski definition) is 0. The standard InChI is InChI=1S/C7H9ClN2S/c1-5(11-2)6-3-4-9-7(8)10-6/h3-5H,1-2H3. The van der Waals surface area contributed by atoms with E-state index in [1.165, 1.54) is 0 Å². The van der Waals surface area contributed by atoms with Gasteiger partial charge in [-0.1, -0.05) is 0 Å². The molecule has 0 aliphatic heterocycles. The molecule has 1 rings (SSSR count). The van der Waals surface area contributed by atoms with Crippen molar-refractivity contribution < 1.29 is 0 Å². The molecule has 0 radical (unpaired) electrons. The molecule has 0 N–H and O–H groups in total. The first kappa shape index (κ1) is 8.81. The molecule has 0 saturated carbocycles. The first-order valence-electron chi connectivity index (χ1n) is 3.25. The molecule has 0 saturated heterocycles. The average Bonchev–Trinajstić information content (AvgIpc) is 2.03. The van der Waals surface area contributed by atoms with Crippen molar-refractivity contribution in [2.24, 2.45) is 0 Å². The molecule has 0 fully saturated rings. The lowest BCUT2D eigenvalue weighted by Gasteiger charge is -2.05. The van der Waals surface area contributed by atoms with Crippen LogP contribution < -0.4 is 0 Å². The van der Waals surface area contributed by atoms with Crippen LogP contribution in [-0.2, 0) is 0 Å². The van der Waals surface area contributed by atoms with Gasteiger partial charge in [-0.3, -0.25) is 0 Å². The third kappa shape index (κ3) is 2.34. The van der Waals surface area contributed by atoms with Crippen LogP contribution in [0.2, 0.25) is 5.28 Å². The Balaban J connectivity index is 2.86. The van der Waals surface area contributed by atoms with Crippen molar-refractivity contribution in [3.63, 3.8) is 0 Å². The maximum absolute atomic E-state index is 5.61. The number of hydrogen-bond acceptors (Lipinski definition) is 3. The Kier molecular flexibility index (Phi) is 3.15. The van der Waals surface area contributed by atoms with E-state index in [9.17, 15) is 0 Å². The highest BCUT2D eigenvalue weighted by Crippen LogP contribution is 2.23. The molecule has 11 heavy (non-hydrogen) atoms. The van der Waals surface area contributed by atoms with Gasteiger partial charge in [0.2, 0.25) is 5.28 Å². The topological polar surface area (TPSA) is 25.8 Å². The van der Waals surface area contributed by atoms with Crippen molar-refractivity contribution >= 4 is 23.4 Å². The number of halogens is 1. The summed E-state index contributed by atoms with van der Waals surface area (Å²) in [5, 5.41) is 0.707. The van der Waals surface area contributed by atoms with Gasteiger partial charge in [0.25, 0.3) is 0 Å². The Hall–Kier alpha value is -0.280. The first-order chi connectivity index (χ1) is 5.24. The fourth-order valence-corrected chi connectivity index (χ4v) is 1.22. The minimum atomic E-state index is 0.323. The van der Waals surface area contributed by atoms with E-state index in [0.717, 1.165) is 5.69 Å². The lowest BCUT2D eigenvalue weighted by molar-refractivity contribution is 0.979. The molecule has 1 aromatic rings. The highest BCUT2D eigenvalue weighted by molar-refractivity contribution is 7.98. The van der Waals surface area contributed by atoms with Gasteiger partial charge in [0.15, 0.2) is 0 Å². The molecule has 1 unspecified atom stereocenters. The zero-order valence-electron chi connectivity index (χ0n) is 6.41. The Bertz CT molecular complexity index is 242. The molecule has 0 spiro atoms. The van der Waals surface area contributed by atoms with Crippen molar-refractivity contribution in [1.82, 2.24) is 9.97 Å². The van der Waals surface area contributed by atoms with Gasteiger partial charge < -0.3 is 0 Å².